The highest BCUT2D eigenvalue weighted by atomic mass is 79.9. The third-order valence-corrected chi connectivity index (χ3v) is 3.73. The second kappa shape index (κ2) is 5.08. The van der Waals surface area contributed by atoms with Gasteiger partial charge in [-0.25, -0.2) is 4.39 Å². The van der Waals surface area contributed by atoms with E-state index in [0.29, 0.717) is 0 Å². The molecule has 1 nitrogen and oxygen atoms in total. The maximum Gasteiger partial charge on any atom is 0.124 e. The van der Waals surface area contributed by atoms with Gasteiger partial charge in [-0.3, -0.25) is 0 Å². The molecular weight excluding hydrogens is 257 g/mol. The quantitative estimate of drug-likeness (QED) is 0.884. The summed E-state index contributed by atoms with van der Waals surface area (Å²) in [4.78, 5) is 0. The molecule has 1 aliphatic carbocycles. The zero-order chi connectivity index (χ0) is 10.7. The summed E-state index contributed by atoms with van der Waals surface area (Å²) in [6.07, 6.45) is 4.10. The average Bonchev–Trinajstić information content (AvgIpc) is 2.12. The van der Waals surface area contributed by atoms with Gasteiger partial charge in [-0.2, -0.15) is 0 Å². The van der Waals surface area contributed by atoms with E-state index in [1.54, 1.807) is 0 Å². The Labute approximate surface area is 98.2 Å². The summed E-state index contributed by atoms with van der Waals surface area (Å²) in [6, 6.07) is 4.85. The second-order valence-electron chi connectivity index (χ2n) is 4.16. The number of hydrogen-bond donors (Lipinski definition) is 1. The summed E-state index contributed by atoms with van der Waals surface area (Å²) in [6.45, 7) is 1.90. The van der Waals surface area contributed by atoms with Gasteiger partial charge in [0.05, 0.1) is 0 Å². The van der Waals surface area contributed by atoms with E-state index in [9.17, 15) is 4.39 Å². The minimum atomic E-state index is -0.190. The molecule has 0 saturated heterocycles. The zero-order valence-electron chi connectivity index (χ0n) is 8.60. The minimum Gasteiger partial charge on any atom is -0.312 e. The van der Waals surface area contributed by atoms with Crippen LogP contribution in [0.4, 0.5) is 4.39 Å². The molecule has 0 aliphatic heterocycles. The molecule has 82 valence electrons. The molecule has 0 unspecified atom stereocenters. The highest BCUT2D eigenvalue weighted by Crippen LogP contribution is 2.25. The zero-order valence-corrected chi connectivity index (χ0v) is 10.2. The first kappa shape index (κ1) is 11.1. The summed E-state index contributed by atoms with van der Waals surface area (Å²) in [5.74, 6) is 0.675. The van der Waals surface area contributed by atoms with Crippen LogP contribution >= 0.6 is 15.9 Å². The van der Waals surface area contributed by atoms with E-state index in [0.717, 1.165) is 29.0 Å². The van der Waals surface area contributed by atoms with Gasteiger partial charge in [-0.05, 0) is 43.0 Å². The van der Waals surface area contributed by atoms with E-state index in [4.69, 9.17) is 0 Å². The average molecular weight is 272 g/mol. The van der Waals surface area contributed by atoms with Crippen molar-refractivity contribution in [1.29, 1.82) is 0 Å². The molecular formula is C12H15BrFN. The van der Waals surface area contributed by atoms with Gasteiger partial charge in [0.25, 0.3) is 0 Å². The standard InChI is InChI=1S/C12H15BrFN/c13-12-6-11(14)5-4-10(12)8-15-7-9-2-1-3-9/h4-6,9,15H,1-3,7-8H2. The first-order valence-corrected chi connectivity index (χ1v) is 6.19. The fourth-order valence-corrected chi connectivity index (χ4v) is 2.26. The lowest BCUT2D eigenvalue weighted by Gasteiger charge is -2.25. The third kappa shape index (κ3) is 3.02. The van der Waals surface area contributed by atoms with Gasteiger partial charge in [0.2, 0.25) is 0 Å². The van der Waals surface area contributed by atoms with Crippen LogP contribution < -0.4 is 5.32 Å². The maximum atomic E-state index is 12.8. The lowest BCUT2D eigenvalue weighted by atomic mass is 9.85. The van der Waals surface area contributed by atoms with Crippen LogP contribution in [0, 0.1) is 11.7 Å². The highest BCUT2D eigenvalue weighted by Gasteiger charge is 2.16. The van der Waals surface area contributed by atoms with Crippen molar-refractivity contribution in [3.8, 4) is 0 Å². The fourth-order valence-electron chi connectivity index (χ4n) is 1.77. The normalized spacial score (nSPS) is 16.4. The van der Waals surface area contributed by atoms with Crippen molar-refractivity contribution in [2.24, 2.45) is 5.92 Å². The molecule has 3 heteroatoms. The molecule has 1 aromatic carbocycles. The lowest BCUT2D eigenvalue weighted by molar-refractivity contribution is 0.301. The largest absolute Gasteiger partial charge is 0.312 e. The van der Waals surface area contributed by atoms with Crippen LogP contribution in [0.3, 0.4) is 0 Å². The Morgan fingerprint density at radius 2 is 2.20 bits per heavy atom. The molecule has 0 radical (unpaired) electrons. The molecule has 15 heavy (non-hydrogen) atoms. The van der Waals surface area contributed by atoms with Crippen LogP contribution in [0.1, 0.15) is 24.8 Å². The van der Waals surface area contributed by atoms with Crippen molar-refractivity contribution in [2.45, 2.75) is 25.8 Å². The van der Waals surface area contributed by atoms with Crippen molar-refractivity contribution < 1.29 is 4.39 Å². The van der Waals surface area contributed by atoms with Gasteiger partial charge < -0.3 is 5.32 Å². The van der Waals surface area contributed by atoms with Gasteiger partial charge in [0, 0.05) is 11.0 Å². The van der Waals surface area contributed by atoms with Gasteiger partial charge in [-0.15, -0.1) is 0 Å². The molecule has 1 aromatic rings. The first-order valence-electron chi connectivity index (χ1n) is 5.40. The van der Waals surface area contributed by atoms with Gasteiger partial charge in [0.1, 0.15) is 5.82 Å². The molecule has 0 aromatic heterocycles. The Kier molecular flexibility index (Phi) is 3.76. The Balaban J connectivity index is 1.81. The molecule has 1 N–H and O–H groups in total. The second-order valence-corrected chi connectivity index (χ2v) is 5.02. The molecule has 2 rings (SSSR count). The molecule has 1 aliphatic rings. The fraction of sp³-hybridized carbons (Fsp3) is 0.500. The predicted molar refractivity (Wildman–Crippen MR) is 63.1 cm³/mol. The Bertz CT molecular complexity index is 336. The smallest absolute Gasteiger partial charge is 0.124 e. The summed E-state index contributed by atoms with van der Waals surface area (Å²) < 4.78 is 13.7. The highest BCUT2D eigenvalue weighted by molar-refractivity contribution is 9.10. The van der Waals surface area contributed by atoms with E-state index < -0.39 is 0 Å². The van der Waals surface area contributed by atoms with Crippen LogP contribution in [0.5, 0.6) is 0 Å². The van der Waals surface area contributed by atoms with E-state index in [1.165, 1.54) is 31.4 Å². The number of halogens is 2. The Morgan fingerprint density at radius 1 is 1.40 bits per heavy atom. The number of hydrogen-bond acceptors (Lipinski definition) is 1. The summed E-state index contributed by atoms with van der Waals surface area (Å²) in [5.41, 5.74) is 1.12. The lowest BCUT2D eigenvalue weighted by Crippen LogP contribution is -2.26. The van der Waals surface area contributed by atoms with E-state index in [1.807, 2.05) is 6.07 Å². The summed E-state index contributed by atoms with van der Waals surface area (Å²) >= 11 is 3.37. The van der Waals surface area contributed by atoms with Crippen LogP contribution in [0.25, 0.3) is 0 Å². The van der Waals surface area contributed by atoms with E-state index in [2.05, 4.69) is 21.2 Å². The van der Waals surface area contributed by atoms with Crippen LogP contribution in [0.15, 0.2) is 22.7 Å². The molecule has 0 bridgehead atoms. The van der Waals surface area contributed by atoms with Crippen molar-refractivity contribution in [2.75, 3.05) is 6.54 Å². The maximum absolute atomic E-state index is 12.8. The minimum absolute atomic E-state index is 0.190. The van der Waals surface area contributed by atoms with Crippen molar-refractivity contribution >= 4 is 15.9 Å². The number of rotatable bonds is 4. The van der Waals surface area contributed by atoms with Crippen molar-refractivity contribution in [3.63, 3.8) is 0 Å². The molecule has 0 heterocycles. The SMILES string of the molecule is Fc1ccc(CNCC2CCC2)c(Br)c1. The molecule has 1 saturated carbocycles. The number of benzene rings is 1. The van der Waals surface area contributed by atoms with Crippen molar-refractivity contribution in [3.05, 3.63) is 34.1 Å². The van der Waals surface area contributed by atoms with Gasteiger partial charge in [0.15, 0.2) is 0 Å². The van der Waals surface area contributed by atoms with Crippen LogP contribution in [-0.4, -0.2) is 6.54 Å². The summed E-state index contributed by atoms with van der Waals surface area (Å²) in [5, 5.41) is 3.41. The van der Waals surface area contributed by atoms with Crippen molar-refractivity contribution in [1.82, 2.24) is 5.32 Å². The Hall–Kier alpha value is -0.410. The predicted octanol–water partition coefficient (Wildman–Crippen LogP) is 3.48. The monoisotopic (exact) mass is 271 g/mol. The molecule has 0 atom stereocenters. The Morgan fingerprint density at radius 3 is 2.80 bits per heavy atom. The number of nitrogens with one attached hydrogen (secondary N) is 1. The summed E-state index contributed by atoms with van der Waals surface area (Å²) in [7, 11) is 0. The first-order chi connectivity index (χ1) is 7.25. The molecule has 0 spiro atoms. The molecule has 0 amide bonds. The third-order valence-electron chi connectivity index (χ3n) is 2.99. The van der Waals surface area contributed by atoms with E-state index >= 15 is 0 Å². The molecule has 1 fully saturated rings. The van der Waals surface area contributed by atoms with E-state index in [-0.39, 0.29) is 5.82 Å². The van der Waals surface area contributed by atoms with Gasteiger partial charge >= 0.3 is 0 Å². The van der Waals surface area contributed by atoms with Crippen LogP contribution in [0.2, 0.25) is 0 Å². The van der Waals surface area contributed by atoms with Gasteiger partial charge in [-0.1, -0.05) is 28.4 Å². The topological polar surface area (TPSA) is 12.0 Å². The van der Waals surface area contributed by atoms with Crippen LogP contribution in [-0.2, 0) is 6.54 Å².